The second kappa shape index (κ2) is 9.93. The number of amides is 2. The molecule has 0 spiro atoms. The Morgan fingerprint density at radius 2 is 1.72 bits per heavy atom. The quantitative estimate of drug-likeness (QED) is 0.385. The summed E-state index contributed by atoms with van der Waals surface area (Å²) in [5, 5.41) is 7.52. The molecule has 8 heteroatoms. The van der Waals surface area contributed by atoms with Gasteiger partial charge in [-0.15, -0.1) is 11.3 Å². The van der Waals surface area contributed by atoms with Crippen molar-refractivity contribution in [3.05, 3.63) is 83.0 Å². The van der Waals surface area contributed by atoms with Gasteiger partial charge in [0.15, 0.2) is 11.7 Å². The third-order valence-corrected chi connectivity index (χ3v) is 5.53. The molecule has 0 aliphatic carbocycles. The molecule has 0 aliphatic rings. The number of nitrogens with one attached hydrogen (secondary N) is 2. The van der Waals surface area contributed by atoms with Crippen LogP contribution in [0.3, 0.4) is 0 Å². The van der Waals surface area contributed by atoms with Gasteiger partial charge < -0.3 is 19.8 Å². The lowest BCUT2D eigenvalue weighted by atomic mass is 10.2. The Morgan fingerprint density at radius 3 is 2.38 bits per heavy atom. The predicted molar refractivity (Wildman–Crippen MR) is 124 cm³/mol. The van der Waals surface area contributed by atoms with Gasteiger partial charge in [0.1, 0.15) is 5.75 Å². The maximum Gasteiger partial charge on any atom is 0.265 e. The van der Waals surface area contributed by atoms with Crippen LogP contribution in [0, 0.1) is 0 Å². The number of thiophene rings is 1. The molecule has 0 fully saturated rings. The summed E-state index contributed by atoms with van der Waals surface area (Å²) in [7, 11) is 1.62. The number of ether oxygens (including phenoxy) is 1. The smallest absolute Gasteiger partial charge is 0.265 e. The lowest BCUT2D eigenvalue weighted by Crippen LogP contribution is -2.13. The van der Waals surface area contributed by atoms with E-state index in [2.05, 4.69) is 15.6 Å². The number of benzene rings is 2. The second-order valence-electron chi connectivity index (χ2n) is 6.90. The molecule has 2 aromatic heterocycles. The number of rotatable bonds is 8. The molecular formula is C24H21N3O4S. The number of oxazole rings is 1. The van der Waals surface area contributed by atoms with Crippen LogP contribution in [-0.4, -0.2) is 23.9 Å². The van der Waals surface area contributed by atoms with Gasteiger partial charge in [0.2, 0.25) is 5.91 Å². The monoisotopic (exact) mass is 447 g/mol. The fourth-order valence-electron chi connectivity index (χ4n) is 3.00. The van der Waals surface area contributed by atoms with E-state index < -0.39 is 0 Å². The molecule has 0 radical (unpaired) electrons. The van der Waals surface area contributed by atoms with E-state index in [9.17, 15) is 9.59 Å². The van der Waals surface area contributed by atoms with Crippen LogP contribution >= 0.6 is 11.3 Å². The molecule has 0 unspecified atom stereocenters. The van der Waals surface area contributed by atoms with Crippen LogP contribution in [0.4, 0.5) is 11.4 Å². The van der Waals surface area contributed by atoms with Crippen LogP contribution in [0.5, 0.6) is 5.75 Å². The van der Waals surface area contributed by atoms with Gasteiger partial charge in [-0.1, -0.05) is 6.07 Å². The molecule has 0 saturated carbocycles. The molecule has 2 heterocycles. The van der Waals surface area contributed by atoms with E-state index in [1.54, 1.807) is 43.6 Å². The Labute approximate surface area is 189 Å². The summed E-state index contributed by atoms with van der Waals surface area (Å²) in [6.07, 6.45) is 2.27. The van der Waals surface area contributed by atoms with E-state index in [-0.39, 0.29) is 18.2 Å². The molecule has 4 aromatic rings. The average molecular weight is 448 g/mol. The number of hydrogen-bond acceptors (Lipinski definition) is 6. The third-order valence-electron chi connectivity index (χ3n) is 4.67. The topological polar surface area (TPSA) is 93.5 Å². The number of aromatic nitrogens is 1. The third kappa shape index (κ3) is 5.41. The highest BCUT2D eigenvalue weighted by Gasteiger charge is 2.10. The van der Waals surface area contributed by atoms with Crippen molar-refractivity contribution in [1.82, 2.24) is 4.98 Å². The first-order valence-electron chi connectivity index (χ1n) is 9.94. The summed E-state index contributed by atoms with van der Waals surface area (Å²) in [5.41, 5.74) is 2.20. The Balaban J connectivity index is 1.27. The number of nitrogens with zero attached hydrogens (tertiary/aromatic N) is 1. The van der Waals surface area contributed by atoms with Gasteiger partial charge in [-0.05, 0) is 60.0 Å². The van der Waals surface area contributed by atoms with Crippen molar-refractivity contribution in [1.29, 1.82) is 0 Å². The minimum atomic E-state index is -0.156. The molecule has 32 heavy (non-hydrogen) atoms. The molecule has 2 amide bonds. The highest BCUT2D eigenvalue weighted by atomic mass is 32.1. The first-order valence-corrected chi connectivity index (χ1v) is 10.8. The highest BCUT2D eigenvalue weighted by molar-refractivity contribution is 7.12. The highest BCUT2D eigenvalue weighted by Crippen LogP contribution is 2.23. The number of anilines is 2. The molecule has 2 N–H and O–H groups in total. The largest absolute Gasteiger partial charge is 0.497 e. The van der Waals surface area contributed by atoms with Gasteiger partial charge in [0.05, 0.1) is 18.2 Å². The zero-order valence-electron chi connectivity index (χ0n) is 17.3. The van der Waals surface area contributed by atoms with E-state index in [0.29, 0.717) is 34.3 Å². The summed E-state index contributed by atoms with van der Waals surface area (Å²) in [4.78, 5) is 29.3. The van der Waals surface area contributed by atoms with Crippen molar-refractivity contribution in [3.8, 4) is 17.1 Å². The van der Waals surface area contributed by atoms with Gasteiger partial charge in [0.25, 0.3) is 5.91 Å². The normalized spacial score (nSPS) is 10.5. The summed E-state index contributed by atoms with van der Waals surface area (Å²) in [6, 6.07) is 18.1. The Hall–Kier alpha value is -3.91. The van der Waals surface area contributed by atoms with E-state index in [4.69, 9.17) is 9.15 Å². The number of aryl methyl sites for hydroxylation is 1. The molecule has 2 aromatic carbocycles. The molecular weight excluding hydrogens is 426 g/mol. The van der Waals surface area contributed by atoms with E-state index in [0.717, 1.165) is 11.3 Å². The molecule has 0 aliphatic heterocycles. The molecule has 162 valence electrons. The lowest BCUT2D eigenvalue weighted by molar-refractivity contribution is -0.116. The van der Waals surface area contributed by atoms with Gasteiger partial charge in [-0.2, -0.15) is 0 Å². The zero-order chi connectivity index (χ0) is 22.3. The summed E-state index contributed by atoms with van der Waals surface area (Å²) in [5.74, 6) is 1.60. The number of methoxy groups -OCH3 is 1. The van der Waals surface area contributed by atoms with Crippen molar-refractivity contribution >= 4 is 34.5 Å². The van der Waals surface area contributed by atoms with Crippen LogP contribution in [-0.2, 0) is 11.2 Å². The van der Waals surface area contributed by atoms with Gasteiger partial charge in [0, 0.05) is 29.8 Å². The molecule has 0 atom stereocenters. The minimum absolute atomic E-state index is 0.149. The van der Waals surface area contributed by atoms with Crippen molar-refractivity contribution in [2.75, 3.05) is 17.7 Å². The maximum atomic E-state index is 12.3. The van der Waals surface area contributed by atoms with Crippen LogP contribution in [0.2, 0.25) is 0 Å². The first kappa shape index (κ1) is 21.3. The van der Waals surface area contributed by atoms with Crippen LogP contribution < -0.4 is 15.4 Å². The van der Waals surface area contributed by atoms with Crippen molar-refractivity contribution in [3.63, 3.8) is 0 Å². The second-order valence-corrected chi connectivity index (χ2v) is 7.85. The summed E-state index contributed by atoms with van der Waals surface area (Å²) in [6.45, 7) is 0. The number of hydrogen-bond donors (Lipinski definition) is 2. The van der Waals surface area contributed by atoms with E-state index >= 15 is 0 Å². The zero-order valence-corrected chi connectivity index (χ0v) is 18.1. The van der Waals surface area contributed by atoms with E-state index in [1.165, 1.54) is 11.3 Å². The fraction of sp³-hybridized carbons (Fsp3) is 0.125. The molecule has 7 nitrogen and oxygen atoms in total. The van der Waals surface area contributed by atoms with Crippen LogP contribution in [0.1, 0.15) is 22.0 Å². The molecule has 0 saturated heterocycles. The lowest BCUT2D eigenvalue weighted by Gasteiger charge is -2.07. The van der Waals surface area contributed by atoms with Crippen molar-refractivity contribution < 1.29 is 18.7 Å². The van der Waals surface area contributed by atoms with Crippen molar-refractivity contribution in [2.45, 2.75) is 12.8 Å². The Morgan fingerprint density at radius 1 is 1.00 bits per heavy atom. The molecule has 0 bridgehead atoms. The van der Waals surface area contributed by atoms with E-state index in [1.807, 2.05) is 35.7 Å². The summed E-state index contributed by atoms with van der Waals surface area (Å²) >= 11 is 1.38. The number of carbonyl (C=O) groups is 2. The standard InChI is InChI=1S/C24H21N3O4S/c1-30-19-10-4-16(5-11-19)20-15-25-23(31-20)13-12-22(28)26-17-6-8-18(9-7-17)27-24(29)21-3-2-14-32-21/h2-11,14-15H,12-13H2,1H3,(H,26,28)(H,27,29). The van der Waals surface area contributed by atoms with Gasteiger partial charge in [-0.3, -0.25) is 9.59 Å². The van der Waals surface area contributed by atoms with Gasteiger partial charge in [-0.25, -0.2) is 4.98 Å². The fourth-order valence-corrected chi connectivity index (χ4v) is 3.61. The average Bonchev–Trinajstić information content (AvgIpc) is 3.52. The molecule has 4 rings (SSSR count). The maximum absolute atomic E-state index is 12.3. The van der Waals surface area contributed by atoms with Crippen LogP contribution in [0.15, 0.2) is 76.7 Å². The van der Waals surface area contributed by atoms with Crippen LogP contribution in [0.25, 0.3) is 11.3 Å². The minimum Gasteiger partial charge on any atom is -0.497 e. The Bertz CT molecular complexity index is 1180. The SMILES string of the molecule is COc1ccc(-c2cnc(CCC(=O)Nc3ccc(NC(=O)c4cccs4)cc3)o2)cc1. The first-order chi connectivity index (χ1) is 15.6. The number of carbonyl (C=O) groups excluding carboxylic acids is 2. The van der Waals surface area contributed by atoms with Gasteiger partial charge >= 0.3 is 0 Å². The summed E-state index contributed by atoms with van der Waals surface area (Å²) < 4.78 is 10.9. The van der Waals surface area contributed by atoms with Crippen molar-refractivity contribution in [2.24, 2.45) is 0 Å². The predicted octanol–water partition coefficient (Wildman–Crippen LogP) is 5.24. The Kier molecular flexibility index (Phi) is 6.62.